The molecule has 0 aliphatic carbocycles. The first kappa shape index (κ1) is 59.4. The van der Waals surface area contributed by atoms with Crippen LogP contribution >= 0.6 is 0 Å². The summed E-state index contributed by atoms with van der Waals surface area (Å²) in [5, 5.41) is 8.06. The van der Waals surface area contributed by atoms with Gasteiger partial charge in [0.15, 0.2) is 6.10 Å². The normalized spacial score (nSPS) is 12.3. The van der Waals surface area contributed by atoms with Crippen LogP contribution in [0.3, 0.4) is 0 Å². The van der Waals surface area contributed by atoms with Gasteiger partial charge in [-0.25, -0.2) is 0 Å². The topological polar surface area (TPSA) is 78.9 Å². The summed E-state index contributed by atoms with van der Waals surface area (Å²) in [4.78, 5) is 38.4. The van der Waals surface area contributed by atoms with E-state index in [9.17, 15) is 14.4 Å². The molecule has 1 atom stereocenters. The van der Waals surface area contributed by atoms with Crippen molar-refractivity contribution in [1.82, 2.24) is 0 Å². The molecular formula is C65H98O6. The maximum absolute atomic E-state index is 12.9. The number of hydrogen-bond acceptors (Lipinski definition) is 6. The fraction of sp³-hybridized carbons (Fsp3) is 0.646. The van der Waals surface area contributed by atoms with E-state index in [1.54, 1.807) is 0 Å². The molecular weight excluding hydrogens is 877 g/mol. The van der Waals surface area contributed by atoms with Gasteiger partial charge in [-0.05, 0) is 121 Å². The monoisotopic (exact) mass is 975 g/mol. The van der Waals surface area contributed by atoms with E-state index >= 15 is 0 Å². The van der Waals surface area contributed by atoms with Crippen molar-refractivity contribution >= 4 is 50.2 Å². The molecule has 0 N–H and O–H groups in total. The molecule has 0 radical (unpaired) electrons. The van der Waals surface area contributed by atoms with Crippen molar-refractivity contribution in [1.29, 1.82) is 0 Å². The van der Waals surface area contributed by atoms with Crippen LogP contribution in [0.25, 0.3) is 32.3 Å². The molecule has 0 bridgehead atoms. The lowest BCUT2D eigenvalue weighted by molar-refractivity contribution is -0.167. The van der Waals surface area contributed by atoms with Crippen molar-refractivity contribution in [2.45, 2.75) is 258 Å². The van der Waals surface area contributed by atoms with E-state index in [1.165, 1.54) is 166 Å². The lowest BCUT2D eigenvalue weighted by atomic mass is 9.92. The summed E-state index contributed by atoms with van der Waals surface area (Å²) in [6, 6.07) is 20.4. The molecule has 4 aromatic rings. The fourth-order valence-corrected chi connectivity index (χ4v) is 10.0. The lowest BCUT2D eigenvalue weighted by Gasteiger charge is -2.18. The number of unbranched alkanes of at least 4 members (excludes halogenated alkanes) is 28. The number of ether oxygens (including phenoxy) is 3. The Kier molecular flexibility index (Phi) is 32.9. The molecule has 0 amide bonds. The number of rotatable bonds is 45. The third-order valence-electron chi connectivity index (χ3n) is 14.3. The zero-order valence-corrected chi connectivity index (χ0v) is 45.1. The van der Waals surface area contributed by atoms with Crippen LogP contribution in [0.2, 0.25) is 0 Å². The first-order valence-corrected chi connectivity index (χ1v) is 29.5. The average Bonchev–Trinajstić information content (AvgIpc) is 3.38. The van der Waals surface area contributed by atoms with Crippen LogP contribution in [0.1, 0.15) is 251 Å². The number of hydrogen-bond donors (Lipinski definition) is 0. The Labute approximate surface area is 432 Å². The van der Waals surface area contributed by atoms with Crippen molar-refractivity contribution in [2.24, 2.45) is 0 Å². The minimum atomic E-state index is -0.796. The number of carbonyl (C=O) groups excluding carboxylic acids is 3. The van der Waals surface area contributed by atoms with Gasteiger partial charge in [0, 0.05) is 19.3 Å². The fourth-order valence-electron chi connectivity index (χ4n) is 10.0. The van der Waals surface area contributed by atoms with Crippen LogP contribution in [0, 0.1) is 0 Å². The highest BCUT2D eigenvalue weighted by atomic mass is 16.6. The molecule has 0 heterocycles. The third kappa shape index (κ3) is 26.9. The molecule has 4 rings (SSSR count). The first-order chi connectivity index (χ1) is 35.0. The Bertz CT molecular complexity index is 1980. The van der Waals surface area contributed by atoms with Crippen LogP contribution < -0.4 is 0 Å². The van der Waals surface area contributed by atoms with E-state index in [1.807, 2.05) is 0 Å². The Hall–Kier alpha value is -4.19. The lowest BCUT2D eigenvalue weighted by Crippen LogP contribution is -2.30. The average molecular weight is 975 g/mol. The predicted molar refractivity (Wildman–Crippen MR) is 301 cm³/mol. The van der Waals surface area contributed by atoms with Crippen LogP contribution in [-0.2, 0) is 35.0 Å². The Morgan fingerprint density at radius 3 is 1.15 bits per heavy atom. The molecule has 0 spiro atoms. The van der Waals surface area contributed by atoms with Gasteiger partial charge in [-0.2, -0.15) is 0 Å². The van der Waals surface area contributed by atoms with Gasteiger partial charge < -0.3 is 14.2 Å². The molecule has 0 saturated heterocycles. The highest BCUT2D eigenvalue weighted by Gasteiger charge is 2.20. The number of esters is 3. The summed E-state index contributed by atoms with van der Waals surface area (Å²) in [5.41, 5.74) is 1.41. The Morgan fingerprint density at radius 1 is 0.394 bits per heavy atom. The molecule has 0 saturated carbocycles. The van der Waals surface area contributed by atoms with E-state index in [0.29, 0.717) is 19.3 Å². The van der Waals surface area contributed by atoms with Crippen LogP contribution in [0.4, 0.5) is 0 Å². The van der Waals surface area contributed by atoms with E-state index in [-0.39, 0.29) is 31.1 Å². The van der Waals surface area contributed by atoms with E-state index in [2.05, 4.69) is 92.7 Å². The van der Waals surface area contributed by atoms with Crippen molar-refractivity contribution < 1.29 is 28.6 Å². The number of aryl methyl sites for hydroxylation is 1. The quantitative estimate of drug-likeness (QED) is 0.0144. The summed E-state index contributed by atoms with van der Waals surface area (Å²) in [7, 11) is 0. The molecule has 0 aromatic heterocycles. The maximum atomic E-state index is 12.9. The number of benzene rings is 4. The minimum absolute atomic E-state index is 0.0909. The molecule has 0 fully saturated rings. The molecule has 0 aliphatic rings. The highest BCUT2D eigenvalue weighted by molar-refractivity contribution is 6.23. The van der Waals surface area contributed by atoms with Crippen molar-refractivity contribution in [3.8, 4) is 0 Å². The summed E-state index contributed by atoms with van der Waals surface area (Å²) in [6.45, 7) is 4.34. The second kappa shape index (κ2) is 39.4. The van der Waals surface area contributed by atoms with Gasteiger partial charge in [-0.15, -0.1) is 0 Å². The summed E-state index contributed by atoms with van der Waals surface area (Å²) < 4.78 is 16.9. The SMILES string of the molecule is CCCCCCCC/C=C\CCCCCCCC(=O)OCC(COC(=O)CCCCCCCCCc1cc2ccc3cccc4ccc(c1)c2c34)OC(=O)CCCCCCC/C=C\CCCCCCCC. The van der Waals surface area contributed by atoms with Crippen LogP contribution in [-0.4, -0.2) is 37.2 Å². The predicted octanol–water partition coefficient (Wildman–Crippen LogP) is 19.3. The van der Waals surface area contributed by atoms with Gasteiger partial charge in [0.2, 0.25) is 0 Å². The van der Waals surface area contributed by atoms with Gasteiger partial charge in [-0.1, -0.05) is 228 Å². The summed E-state index contributed by atoms with van der Waals surface area (Å²) in [6.07, 6.45) is 49.4. The number of allylic oxidation sites excluding steroid dienone is 4. The molecule has 71 heavy (non-hydrogen) atoms. The largest absolute Gasteiger partial charge is 0.462 e. The smallest absolute Gasteiger partial charge is 0.306 e. The molecule has 4 aromatic carbocycles. The van der Waals surface area contributed by atoms with Crippen molar-refractivity contribution in [2.75, 3.05) is 13.2 Å². The maximum Gasteiger partial charge on any atom is 0.306 e. The van der Waals surface area contributed by atoms with Gasteiger partial charge in [0.1, 0.15) is 13.2 Å². The van der Waals surface area contributed by atoms with E-state index < -0.39 is 6.10 Å². The van der Waals surface area contributed by atoms with Gasteiger partial charge >= 0.3 is 17.9 Å². The first-order valence-electron chi connectivity index (χ1n) is 29.5. The highest BCUT2D eigenvalue weighted by Crippen LogP contribution is 2.35. The van der Waals surface area contributed by atoms with E-state index in [0.717, 1.165) is 89.9 Å². The van der Waals surface area contributed by atoms with E-state index in [4.69, 9.17) is 14.2 Å². The molecule has 6 heteroatoms. The Balaban J connectivity index is 1.06. The van der Waals surface area contributed by atoms with Gasteiger partial charge in [-0.3, -0.25) is 14.4 Å². The molecule has 394 valence electrons. The van der Waals surface area contributed by atoms with Crippen molar-refractivity contribution in [3.63, 3.8) is 0 Å². The molecule has 6 nitrogen and oxygen atoms in total. The van der Waals surface area contributed by atoms with Gasteiger partial charge in [0.25, 0.3) is 0 Å². The Morgan fingerprint density at radius 2 is 0.732 bits per heavy atom. The second-order valence-electron chi connectivity index (χ2n) is 20.7. The number of carbonyl (C=O) groups is 3. The van der Waals surface area contributed by atoms with Crippen molar-refractivity contribution in [3.05, 3.63) is 84.5 Å². The van der Waals surface area contributed by atoms with Gasteiger partial charge in [0.05, 0.1) is 0 Å². The standard InChI is InChI=1S/C65H98O6/c1-3-5-7-9-11-13-15-17-19-21-23-25-29-33-37-44-61(66)69-53-60(71-63(68)46-39-35-30-26-24-22-20-18-16-14-12-10-8-6-4-2)54-70-62(67)45-38-34-31-27-28-32-36-41-55-51-58-49-47-56-42-40-43-57-48-50-59(52-55)65(58)64(56)57/h17-20,40,42-43,47-52,60H,3-16,21-39,41,44-46,53-54H2,1-2H3/b19-17-,20-18-. The summed E-state index contributed by atoms with van der Waals surface area (Å²) in [5.74, 6) is -0.913. The van der Waals surface area contributed by atoms with Crippen LogP contribution in [0.15, 0.2) is 78.9 Å². The zero-order chi connectivity index (χ0) is 50.2. The minimum Gasteiger partial charge on any atom is -0.462 e. The second-order valence-corrected chi connectivity index (χ2v) is 20.7. The zero-order valence-electron chi connectivity index (χ0n) is 45.1. The third-order valence-corrected chi connectivity index (χ3v) is 14.3. The molecule has 0 aliphatic heterocycles. The molecule has 1 unspecified atom stereocenters. The van der Waals surface area contributed by atoms with Crippen LogP contribution in [0.5, 0.6) is 0 Å². The summed E-state index contributed by atoms with van der Waals surface area (Å²) >= 11 is 0.